The second-order valence-electron chi connectivity index (χ2n) is 4.26. The van der Waals surface area contributed by atoms with Crippen molar-refractivity contribution in [3.8, 4) is 0 Å². The lowest BCUT2D eigenvalue weighted by Crippen LogP contribution is -2.39. The quantitative estimate of drug-likeness (QED) is 0.792. The van der Waals surface area contributed by atoms with Gasteiger partial charge in [-0.25, -0.2) is 17.2 Å². The summed E-state index contributed by atoms with van der Waals surface area (Å²) in [5, 5.41) is 2.40. The third-order valence-electron chi connectivity index (χ3n) is 2.37. The van der Waals surface area contributed by atoms with Gasteiger partial charge in [0, 0.05) is 19.2 Å². The van der Waals surface area contributed by atoms with Crippen molar-refractivity contribution >= 4 is 15.7 Å². The van der Waals surface area contributed by atoms with E-state index in [0.717, 1.165) is 12.1 Å². The summed E-state index contributed by atoms with van der Waals surface area (Å²) in [4.78, 5) is 10.9. The zero-order valence-corrected chi connectivity index (χ0v) is 11.8. The monoisotopic (exact) mass is 307 g/mol. The highest BCUT2D eigenvalue weighted by atomic mass is 32.2. The summed E-state index contributed by atoms with van der Waals surface area (Å²) >= 11 is 0. The van der Waals surface area contributed by atoms with Crippen molar-refractivity contribution < 1.29 is 26.7 Å². The van der Waals surface area contributed by atoms with Crippen LogP contribution in [0.5, 0.6) is 0 Å². The fraction of sp³-hybridized carbons (Fsp3) is 0.417. The molecule has 0 spiro atoms. The number of carbonyl (C=O) groups is 1. The highest BCUT2D eigenvalue weighted by molar-refractivity contribution is 7.92. The number of benzene rings is 1. The Morgan fingerprint density at radius 3 is 2.60 bits per heavy atom. The maximum atomic E-state index is 13.4. The van der Waals surface area contributed by atoms with Crippen LogP contribution in [0, 0.1) is 11.6 Å². The Hall–Kier alpha value is -1.54. The zero-order valence-electron chi connectivity index (χ0n) is 11.0. The topological polar surface area (TPSA) is 72.5 Å². The van der Waals surface area contributed by atoms with Crippen LogP contribution in [-0.4, -0.2) is 39.8 Å². The fourth-order valence-electron chi connectivity index (χ4n) is 1.59. The molecule has 112 valence electrons. The first kappa shape index (κ1) is 16.5. The van der Waals surface area contributed by atoms with E-state index < -0.39 is 38.0 Å². The number of hydrogen-bond acceptors (Lipinski definition) is 4. The minimum absolute atomic E-state index is 0.219. The first-order chi connectivity index (χ1) is 9.26. The third kappa shape index (κ3) is 4.53. The van der Waals surface area contributed by atoms with E-state index in [2.05, 4.69) is 5.32 Å². The van der Waals surface area contributed by atoms with Crippen LogP contribution in [0.25, 0.3) is 0 Å². The molecule has 1 N–H and O–H groups in total. The van der Waals surface area contributed by atoms with E-state index >= 15 is 0 Å². The van der Waals surface area contributed by atoms with Gasteiger partial charge in [0.05, 0.1) is 6.61 Å². The lowest BCUT2D eigenvalue weighted by molar-refractivity contribution is -0.119. The van der Waals surface area contributed by atoms with Gasteiger partial charge in [-0.2, -0.15) is 0 Å². The predicted molar refractivity (Wildman–Crippen MR) is 67.9 cm³/mol. The van der Waals surface area contributed by atoms with E-state index in [1.165, 1.54) is 7.11 Å². The number of hydrogen-bond donors (Lipinski definition) is 1. The van der Waals surface area contributed by atoms with Crippen LogP contribution < -0.4 is 5.32 Å². The summed E-state index contributed by atoms with van der Waals surface area (Å²) in [6.45, 7) is 1.85. The molecule has 0 aromatic heterocycles. The molecule has 0 heterocycles. The molecule has 0 aliphatic heterocycles. The van der Waals surface area contributed by atoms with Gasteiger partial charge >= 0.3 is 0 Å². The molecular weight excluding hydrogens is 292 g/mol. The molecule has 1 atom stereocenters. The van der Waals surface area contributed by atoms with E-state index in [0.29, 0.717) is 6.07 Å². The number of halogens is 2. The normalized spacial score (nSPS) is 13.0. The van der Waals surface area contributed by atoms with E-state index in [9.17, 15) is 22.0 Å². The minimum Gasteiger partial charge on any atom is -0.383 e. The Bertz CT molecular complexity index is 589. The van der Waals surface area contributed by atoms with Crippen LogP contribution in [0.2, 0.25) is 0 Å². The van der Waals surface area contributed by atoms with Gasteiger partial charge in [0.15, 0.2) is 9.84 Å². The molecule has 1 unspecified atom stereocenters. The van der Waals surface area contributed by atoms with Gasteiger partial charge in [0.2, 0.25) is 5.91 Å². The number of methoxy groups -OCH3 is 1. The standard InChI is InChI=1S/C12H15F2NO4S/c1-8(6-19-2)15-12(16)7-20(17,18)11-4-3-9(13)5-10(11)14/h3-5,8H,6-7H2,1-2H3,(H,15,16). The summed E-state index contributed by atoms with van der Waals surface area (Å²) in [5.41, 5.74) is 0. The molecule has 20 heavy (non-hydrogen) atoms. The summed E-state index contributed by atoms with van der Waals surface area (Å²) in [6, 6.07) is 1.70. The van der Waals surface area contributed by atoms with E-state index in [1.807, 2.05) is 0 Å². The molecular formula is C12H15F2NO4S. The van der Waals surface area contributed by atoms with Crippen LogP contribution in [-0.2, 0) is 19.4 Å². The fourth-order valence-corrected chi connectivity index (χ4v) is 2.80. The van der Waals surface area contributed by atoms with Gasteiger partial charge in [0.25, 0.3) is 0 Å². The van der Waals surface area contributed by atoms with E-state index in [1.54, 1.807) is 6.92 Å². The lowest BCUT2D eigenvalue weighted by atomic mass is 10.3. The van der Waals surface area contributed by atoms with Crippen LogP contribution in [0.4, 0.5) is 8.78 Å². The average Bonchev–Trinajstić information content (AvgIpc) is 2.26. The van der Waals surface area contributed by atoms with Crippen molar-refractivity contribution in [2.75, 3.05) is 19.5 Å². The Balaban J connectivity index is 2.82. The summed E-state index contributed by atoms with van der Waals surface area (Å²) < 4.78 is 54.6. The van der Waals surface area contributed by atoms with E-state index in [-0.39, 0.29) is 12.6 Å². The molecule has 0 aliphatic rings. The van der Waals surface area contributed by atoms with Crippen LogP contribution in [0.1, 0.15) is 6.92 Å². The molecule has 5 nitrogen and oxygen atoms in total. The number of nitrogens with one attached hydrogen (secondary N) is 1. The lowest BCUT2D eigenvalue weighted by Gasteiger charge is -2.13. The Kier molecular flexibility index (Phi) is 5.58. The van der Waals surface area contributed by atoms with Gasteiger partial charge in [-0.05, 0) is 19.1 Å². The first-order valence-corrected chi connectivity index (χ1v) is 7.37. The maximum absolute atomic E-state index is 13.4. The second kappa shape index (κ2) is 6.76. The van der Waals surface area contributed by atoms with Crippen molar-refractivity contribution in [1.29, 1.82) is 0 Å². The van der Waals surface area contributed by atoms with Gasteiger partial charge in [-0.15, -0.1) is 0 Å². The molecule has 0 fully saturated rings. The Morgan fingerprint density at radius 1 is 1.40 bits per heavy atom. The number of ether oxygens (including phenoxy) is 1. The largest absolute Gasteiger partial charge is 0.383 e. The molecule has 1 amide bonds. The summed E-state index contributed by atoms with van der Waals surface area (Å²) in [7, 11) is -2.72. The van der Waals surface area contributed by atoms with Crippen LogP contribution in [0.15, 0.2) is 23.1 Å². The Morgan fingerprint density at radius 2 is 2.05 bits per heavy atom. The van der Waals surface area contributed by atoms with Crippen LogP contribution >= 0.6 is 0 Å². The van der Waals surface area contributed by atoms with Crippen LogP contribution in [0.3, 0.4) is 0 Å². The van der Waals surface area contributed by atoms with Crippen molar-refractivity contribution in [2.45, 2.75) is 17.9 Å². The summed E-state index contributed by atoms with van der Waals surface area (Å²) in [6.07, 6.45) is 0. The van der Waals surface area contributed by atoms with Crippen molar-refractivity contribution in [2.24, 2.45) is 0 Å². The average molecular weight is 307 g/mol. The number of amides is 1. The molecule has 0 radical (unpaired) electrons. The maximum Gasteiger partial charge on any atom is 0.235 e. The smallest absolute Gasteiger partial charge is 0.235 e. The second-order valence-corrected chi connectivity index (χ2v) is 6.22. The molecule has 8 heteroatoms. The summed E-state index contributed by atoms with van der Waals surface area (Å²) in [5.74, 6) is -3.80. The zero-order chi connectivity index (χ0) is 15.3. The first-order valence-electron chi connectivity index (χ1n) is 5.72. The highest BCUT2D eigenvalue weighted by Gasteiger charge is 2.23. The molecule has 1 rings (SSSR count). The van der Waals surface area contributed by atoms with Gasteiger partial charge in [-0.3, -0.25) is 4.79 Å². The van der Waals surface area contributed by atoms with Gasteiger partial charge in [0.1, 0.15) is 22.3 Å². The molecule has 0 saturated carbocycles. The van der Waals surface area contributed by atoms with Crippen molar-refractivity contribution in [3.63, 3.8) is 0 Å². The minimum atomic E-state index is -4.16. The SMILES string of the molecule is COCC(C)NC(=O)CS(=O)(=O)c1ccc(F)cc1F. The van der Waals surface area contributed by atoms with E-state index in [4.69, 9.17) is 4.74 Å². The predicted octanol–water partition coefficient (Wildman–Crippen LogP) is 0.890. The molecule has 0 bridgehead atoms. The molecule has 1 aromatic rings. The van der Waals surface area contributed by atoms with Gasteiger partial charge in [-0.1, -0.05) is 0 Å². The molecule has 0 saturated heterocycles. The Labute approximate surface area is 115 Å². The molecule has 1 aromatic carbocycles. The van der Waals surface area contributed by atoms with Crippen molar-refractivity contribution in [3.05, 3.63) is 29.8 Å². The third-order valence-corrected chi connectivity index (χ3v) is 4.02. The highest BCUT2D eigenvalue weighted by Crippen LogP contribution is 2.16. The number of carbonyl (C=O) groups excluding carboxylic acids is 1. The molecule has 0 aliphatic carbocycles. The number of rotatable bonds is 6. The van der Waals surface area contributed by atoms with Gasteiger partial charge < -0.3 is 10.1 Å². The van der Waals surface area contributed by atoms with Crippen molar-refractivity contribution in [1.82, 2.24) is 5.32 Å². The number of sulfone groups is 1.